The highest BCUT2D eigenvalue weighted by Crippen LogP contribution is 2.44. The molecular formula is C45H80N5O10P. The van der Waals surface area contributed by atoms with Gasteiger partial charge in [0.15, 0.2) is 23.8 Å². The van der Waals surface area contributed by atoms with Crippen LogP contribution in [0.25, 0.3) is 11.2 Å². The van der Waals surface area contributed by atoms with Crippen molar-refractivity contribution in [2.75, 3.05) is 25.6 Å². The number of aromatic nitrogens is 4. The number of phosphoric ester groups is 1. The van der Waals surface area contributed by atoms with Gasteiger partial charge in [0.05, 0.1) is 25.6 Å². The van der Waals surface area contributed by atoms with Crippen LogP contribution in [0.15, 0.2) is 12.7 Å². The molecule has 0 saturated carbocycles. The Bertz CT molecular complexity index is 1520. The second-order valence-corrected chi connectivity index (χ2v) is 18.3. The molecule has 0 radical (unpaired) electrons. The number of phosphoric acid groups is 1. The first kappa shape index (κ1) is 52.7. The maximum atomic E-state index is 13.0. The van der Waals surface area contributed by atoms with E-state index in [9.17, 15) is 24.2 Å². The molecule has 16 heteroatoms. The number of hydrogen-bond acceptors (Lipinski definition) is 13. The van der Waals surface area contributed by atoms with Crippen molar-refractivity contribution in [2.24, 2.45) is 0 Å². The fraction of sp³-hybridized carbons (Fsp3) is 0.844. The number of ether oxygens (including phenoxy) is 3. The molecular weight excluding hydrogens is 801 g/mol. The lowest BCUT2D eigenvalue weighted by molar-refractivity contribution is -0.161. The smallest absolute Gasteiger partial charge is 0.462 e. The number of carbonyl (C=O) groups excluding carboxylic acids is 2. The zero-order chi connectivity index (χ0) is 44.0. The summed E-state index contributed by atoms with van der Waals surface area (Å²) < 4.78 is 41.9. The van der Waals surface area contributed by atoms with Crippen LogP contribution in [0, 0.1) is 0 Å². The van der Waals surface area contributed by atoms with Crippen molar-refractivity contribution in [3.8, 4) is 0 Å². The molecule has 15 nitrogen and oxygen atoms in total. The zero-order valence-electron chi connectivity index (χ0n) is 37.6. The number of fused-ring (bicyclic) bond motifs is 1. The van der Waals surface area contributed by atoms with E-state index in [-0.39, 0.29) is 38.3 Å². The van der Waals surface area contributed by atoms with Gasteiger partial charge in [0.25, 0.3) is 0 Å². The van der Waals surface area contributed by atoms with Gasteiger partial charge in [-0.25, -0.2) is 19.5 Å². The van der Waals surface area contributed by atoms with E-state index in [0.717, 1.165) is 38.5 Å². The lowest BCUT2D eigenvalue weighted by Gasteiger charge is -2.21. The normalized spacial score (nSPS) is 18.1. The molecule has 0 aromatic carbocycles. The Morgan fingerprint density at radius 2 is 1.23 bits per heavy atom. The molecule has 1 fully saturated rings. The van der Waals surface area contributed by atoms with Crippen LogP contribution in [0.1, 0.15) is 206 Å². The third-order valence-electron chi connectivity index (χ3n) is 11.4. The van der Waals surface area contributed by atoms with Crippen molar-refractivity contribution in [1.29, 1.82) is 0 Å². The Morgan fingerprint density at radius 3 is 1.75 bits per heavy atom. The molecule has 1 saturated heterocycles. The summed E-state index contributed by atoms with van der Waals surface area (Å²) in [6, 6.07) is 0. The standard InChI is InChI=1S/C45H80N5O10P/c1-3-5-7-9-11-13-15-17-19-21-23-25-27-29-40(52)56-32-38(59-41(53)30-28-26-24-22-20-18-16-14-12-10-8-6-4-2)34-58-61(54,55)57-33-37-31-39(51)45(60-37)50-36-49-42-43(46)47-35-48-44(42)50/h35-39,45,51H,3-34H2,1-2H3,(H,54,55)(H2,46,47,48)/t37-,38?,39+,45+/m0/s1. The summed E-state index contributed by atoms with van der Waals surface area (Å²) in [4.78, 5) is 48.3. The average Bonchev–Trinajstić information content (AvgIpc) is 3.85. The molecule has 0 amide bonds. The molecule has 0 spiro atoms. The number of rotatable bonds is 38. The quantitative estimate of drug-likeness (QED) is 0.0326. The fourth-order valence-corrected chi connectivity index (χ4v) is 8.51. The molecule has 0 aliphatic carbocycles. The van der Waals surface area contributed by atoms with Crippen molar-refractivity contribution in [3.63, 3.8) is 0 Å². The number of esters is 2. The molecule has 1 aliphatic rings. The minimum atomic E-state index is -4.68. The SMILES string of the molecule is CCCCCCCCCCCCCCCC(=O)OCC(COP(=O)(O)OC[C@@H]1C[C@@H](O)[C@H](n2cnc3c(N)ncnc32)O1)OC(=O)CCCCCCCCCCCCCCC. The van der Waals surface area contributed by atoms with Gasteiger partial charge in [0, 0.05) is 19.3 Å². The highest BCUT2D eigenvalue weighted by molar-refractivity contribution is 7.47. The van der Waals surface area contributed by atoms with E-state index in [2.05, 4.69) is 28.8 Å². The highest BCUT2D eigenvalue weighted by atomic mass is 31.2. The van der Waals surface area contributed by atoms with Gasteiger partial charge in [0.2, 0.25) is 0 Å². The first-order chi connectivity index (χ1) is 29.6. The largest absolute Gasteiger partial charge is 0.472 e. The molecule has 4 N–H and O–H groups in total. The van der Waals surface area contributed by atoms with Crippen molar-refractivity contribution < 1.29 is 47.4 Å². The number of nitrogens with zero attached hydrogens (tertiary/aromatic N) is 4. The van der Waals surface area contributed by atoms with Gasteiger partial charge in [-0.3, -0.25) is 23.2 Å². The Hall–Kier alpha value is -2.68. The van der Waals surface area contributed by atoms with Gasteiger partial charge in [-0.05, 0) is 12.8 Å². The van der Waals surface area contributed by atoms with Crippen molar-refractivity contribution in [2.45, 2.75) is 225 Å². The van der Waals surface area contributed by atoms with E-state index in [4.69, 9.17) is 29.0 Å². The Morgan fingerprint density at radius 1 is 0.738 bits per heavy atom. The maximum absolute atomic E-state index is 13.0. The Kier molecular flexibility index (Phi) is 27.7. The van der Waals surface area contributed by atoms with E-state index < -0.39 is 50.9 Å². The van der Waals surface area contributed by atoms with Crippen LogP contribution >= 0.6 is 7.82 Å². The maximum Gasteiger partial charge on any atom is 0.472 e. The van der Waals surface area contributed by atoms with Crippen LogP contribution in [0.2, 0.25) is 0 Å². The zero-order valence-corrected chi connectivity index (χ0v) is 38.5. The van der Waals surface area contributed by atoms with Crippen molar-refractivity contribution >= 4 is 36.7 Å². The monoisotopic (exact) mass is 882 g/mol. The summed E-state index contributed by atoms with van der Waals surface area (Å²) in [5.74, 6) is -0.727. The number of aliphatic hydroxyl groups excluding tert-OH is 1. The number of aliphatic hydroxyl groups is 1. The van der Waals surface area contributed by atoms with E-state index >= 15 is 0 Å². The number of nitrogen functional groups attached to an aromatic ring is 1. The van der Waals surface area contributed by atoms with Crippen LogP contribution in [0.4, 0.5) is 5.82 Å². The first-order valence-corrected chi connectivity index (χ1v) is 25.4. The summed E-state index contributed by atoms with van der Waals surface area (Å²) in [6.45, 7) is 3.27. The summed E-state index contributed by atoms with van der Waals surface area (Å²) in [7, 11) is -4.68. The minimum absolute atomic E-state index is 0.0968. The number of anilines is 1. The predicted molar refractivity (Wildman–Crippen MR) is 237 cm³/mol. The minimum Gasteiger partial charge on any atom is -0.462 e. The van der Waals surface area contributed by atoms with E-state index in [1.807, 2.05) is 0 Å². The second-order valence-electron chi connectivity index (χ2n) is 16.9. The molecule has 3 heterocycles. The first-order valence-electron chi connectivity index (χ1n) is 23.9. The van der Waals surface area contributed by atoms with Gasteiger partial charge in [-0.15, -0.1) is 0 Å². The van der Waals surface area contributed by atoms with E-state index in [1.54, 1.807) is 0 Å². The van der Waals surface area contributed by atoms with Crippen LogP contribution in [-0.4, -0.2) is 79.6 Å². The van der Waals surface area contributed by atoms with Gasteiger partial charge in [-0.2, -0.15) is 0 Å². The van der Waals surface area contributed by atoms with Crippen LogP contribution < -0.4 is 5.73 Å². The average molecular weight is 882 g/mol. The molecule has 2 unspecified atom stereocenters. The van der Waals surface area contributed by atoms with E-state index in [1.165, 1.54) is 133 Å². The third kappa shape index (κ3) is 23.0. The topological polar surface area (TPSA) is 207 Å². The molecule has 350 valence electrons. The summed E-state index contributed by atoms with van der Waals surface area (Å²) in [5, 5.41) is 10.7. The molecule has 61 heavy (non-hydrogen) atoms. The summed E-state index contributed by atoms with van der Waals surface area (Å²) >= 11 is 0. The van der Waals surface area contributed by atoms with Crippen molar-refractivity contribution in [1.82, 2.24) is 19.5 Å². The van der Waals surface area contributed by atoms with Gasteiger partial charge in [0.1, 0.15) is 24.6 Å². The van der Waals surface area contributed by atoms with Crippen molar-refractivity contribution in [3.05, 3.63) is 12.7 Å². The lowest BCUT2D eigenvalue weighted by atomic mass is 10.0. The molecule has 0 bridgehead atoms. The van der Waals surface area contributed by atoms with Crippen LogP contribution in [0.5, 0.6) is 0 Å². The number of carbonyl (C=O) groups is 2. The molecule has 1 aliphatic heterocycles. The fourth-order valence-electron chi connectivity index (χ4n) is 7.73. The Labute approximate surface area is 365 Å². The van der Waals surface area contributed by atoms with Gasteiger partial charge < -0.3 is 29.9 Å². The van der Waals surface area contributed by atoms with Crippen LogP contribution in [0.3, 0.4) is 0 Å². The summed E-state index contributed by atoms with van der Waals surface area (Å²) in [5.41, 5.74) is 6.61. The van der Waals surface area contributed by atoms with E-state index in [0.29, 0.717) is 24.0 Å². The number of hydrogen-bond donors (Lipinski definition) is 3. The third-order valence-corrected chi connectivity index (χ3v) is 12.3. The highest BCUT2D eigenvalue weighted by Gasteiger charge is 2.38. The predicted octanol–water partition coefficient (Wildman–Crippen LogP) is 10.6. The van der Waals surface area contributed by atoms with Gasteiger partial charge in [-0.1, -0.05) is 168 Å². The molecule has 2 aromatic rings. The van der Waals surface area contributed by atoms with Gasteiger partial charge >= 0.3 is 19.8 Å². The molecule has 2 aromatic heterocycles. The Balaban J connectivity index is 1.37. The summed E-state index contributed by atoms with van der Waals surface area (Å²) in [6.07, 6.45) is 30.5. The number of imidazole rings is 1. The lowest BCUT2D eigenvalue weighted by Crippen LogP contribution is -2.29. The number of unbranched alkanes of at least 4 members (excludes halogenated alkanes) is 24. The van der Waals surface area contributed by atoms with Crippen LogP contribution in [-0.2, 0) is 37.4 Å². The second kappa shape index (κ2) is 32.0. The molecule has 3 rings (SSSR count). The molecule has 5 atom stereocenters. The number of nitrogens with two attached hydrogens (primary N) is 1.